The second-order valence-corrected chi connectivity index (χ2v) is 9.11. The number of anilines is 1. The van der Waals surface area contributed by atoms with Crippen molar-refractivity contribution in [2.45, 2.75) is 45.3 Å². The largest absolute Gasteiger partial charge is 0.493 e. The van der Waals surface area contributed by atoms with Crippen molar-refractivity contribution >= 4 is 23.2 Å². The van der Waals surface area contributed by atoms with Crippen molar-refractivity contribution < 1.29 is 22.3 Å². The van der Waals surface area contributed by atoms with Gasteiger partial charge < -0.3 is 14.5 Å². The van der Waals surface area contributed by atoms with Crippen molar-refractivity contribution in [3.63, 3.8) is 0 Å². The lowest BCUT2D eigenvalue weighted by molar-refractivity contribution is -0.144. The number of benzene rings is 1. The normalized spacial score (nSPS) is 15.7. The van der Waals surface area contributed by atoms with Gasteiger partial charge in [-0.05, 0) is 57.8 Å². The molecule has 0 spiro atoms. The summed E-state index contributed by atoms with van der Waals surface area (Å²) in [5.41, 5.74) is 0.469. The number of likely N-dealkylation sites (tertiary alicyclic amines) is 1. The zero-order valence-corrected chi connectivity index (χ0v) is 20.5. The highest BCUT2D eigenvalue weighted by atomic mass is 35.5. The van der Waals surface area contributed by atoms with Gasteiger partial charge in [0.1, 0.15) is 34.9 Å². The van der Waals surface area contributed by atoms with Gasteiger partial charge in [0.25, 0.3) is 5.78 Å². The lowest BCUT2D eigenvalue weighted by atomic mass is 10.00. The first-order valence-corrected chi connectivity index (χ1v) is 11.8. The zero-order valence-electron chi connectivity index (χ0n) is 19.7. The Kier molecular flexibility index (Phi) is 7.37. The molecule has 190 valence electrons. The third-order valence-corrected chi connectivity index (χ3v) is 6.62. The quantitative estimate of drug-likeness (QED) is 0.235. The second-order valence-electron chi connectivity index (χ2n) is 8.75. The smallest absolute Gasteiger partial charge is 0.408 e. The van der Waals surface area contributed by atoms with Crippen LogP contribution in [0.1, 0.15) is 31.7 Å². The molecule has 3 aromatic rings. The molecule has 1 fully saturated rings. The average molecular weight is 515 g/mol. The summed E-state index contributed by atoms with van der Waals surface area (Å²) in [6, 6.07) is 0.957. The van der Waals surface area contributed by atoms with Gasteiger partial charge in [0.2, 0.25) is 0 Å². The van der Waals surface area contributed by atoms with Crippen LogP contribution in [0.5, 0.6) is 5.75 Å². The summed E-state index contributed by atoms with van der Waals surface area (Å²) in [7, 11) is 1.25. The van der Waals surface area contributed by atoms with Crippen LogP contribution in [0.25, 0.3) is 16.9 Å². The molecule has 0 bridgehead atoms. The highest BCUT2D eigenvalue weighted by Crippen LogP contribution is 2.42. The van der Waals surface area contributed by atoms with Gasteiger partial charge in [0.05, 0.1) is 12.2 Å². The number of aryl methyl sites for hydroxylation is 1. The number of hydrogen-bond donors (Lipinski definition) is 0. The summed E-state index contributed by atoms with van der Waals surface area (Å²) in [6.45, 7) is 6.19. The number of fused-ring (bicyclic) bond motifs is 1. The maximum Gasteiger partial charge on any atom is 0.408 e. The fraction of sp³-hybridized carbons (Fsp3) is 0.522. The van der Waals surface area contributed by atoms with Crippen LogP contribution in [0.4, 0.5) is 23.4 Å². The standard InChI is InChI=1S/C23H27ClF4N6O/c1-14-11-16(35-10-6-9-33-7-4-5-8-33)12-17(25)18(14)19-20(24)31-22-29-13-30-34(22)21(19)32(3)15(2)23(26,27)28/h11-13,15H,4-10H2,1-3H3/t15-/m0/s1. The average Bonchev–Trinajstić information content (AvgIpc) is 3.46. The molecule has 1 atom stereocenters. The Morgan fingerprint density at radius 3 is 2.57 bits per heavy atom. The summed E-state index contributed by atoms with van der Waals surface area (Å²) in [4.78, 5) is 11.4. The summed E-state index contributed by atoms with van der Waals surface area (Å²) in [5, 5.41) is 3.84. The van der Waals surface area contributed by atoms with Crippen LogP contribution in [0, 0.1) is 12.7 Å². The number of nitrogens with zero attached hydrogens (tertiary/aromatic N) is 6. The van der Waals surface area contributed by atoms with Gasteiger partial charge in [-0.1, -0.05) is 11.6 Å². The van der Waals surface area contributed by atoms with Gasteiger partial charge in [0, 0.05) is 25.2 Å². The third kappa shape index (κ3) is 5.30. The molecule has 1 aromatic carbocycles. The Morgan fingerprint density at radius 1 is 1.20 bits per heavy atom. The highest BCUT2D eigenvalue weighted by Gasteiger charge is 2.41. The maximum atomic E-state index is 15.5. The van der Waals surface area contributed by atoms with Crippen molar-refractivity contribution in [2.24, 2.45) is 0 Å². The summed E-state index contributed by atoms with van der Waals surface area (Å²) in [5.74, 6) is -0.402. The Balaban J connectivity index is 1.68. The number of ether oxygens (including phenoxy) is 1. The van der Waals surface area contributed by atoms with E-state index in [-0.39, 0.29) is 27.9 Å². The minimum absolute atomic E-state index is 0.00106. The van der Waals surface area contributed by atoms with Crippen LogP contribution < -0.4 is 9.64 Å². The Labute approximate surface area is 205 Å². The number of alkyl halides is 3. The fourth-order valence-corrected chi connectivity index (χ4v) is 4.60. The van der Waals surface area contributed by atoms with Gasteiger partial charge in [0.15, 0.2) is 0 Å². The molecule has 35 heavy (non-hydrogen) atoms. The minimum Gasteiger partial charge on any atom is -0.493 e. The predicted octanol–water partition coefficient (Wildman–Crippen LogP) is 5.14. The van der Waals surface area contributed by atoms with E-state index in [1.54, 1.807) is 13.0 Å². The number of rotatable bonds is 8. The van der Waals surface area contributed by atoms with Crippen LogP contribution in [0.15, 0.2) is 18.5 Å². The first-order valence-electron chi connectivity index (χ1n) is 11.4. The number of aromatic nitrogens is 4. The Morgan fingerprint density at radius 2 is 1.91 bits per heavy atom. The van der Waals surface area contributed by atoms with E-state index in [2.05, 4.69) is 20.0 Å². The van der Waals surface area contributed by atoms with Gasteiger partial charge in [-0.3, -0.25) is 0 Å². The Bertz CT molecular complexity index is 1170. The van der Waals surface area contributed by atoms with E-state index >= 15 is 4.39 Å². The van der Waals surface area contributed by atoms with Crippen molar-refractivity contribution in [1.29, 1.82) is 0 Å². The first kappa shape index (κ1) is 25.4. The van der Waals surface area contributed by atoms with E-state index < -0.39 is 18.0 Å². The van der Waals surface area contributed by atoms with Crippen LogP contribution in [-0.2, 0) is 0 Å². The molecule has 1 aliphatic heterocycles. The van der Waals surface area contributed by atoms with Crippen molar-refractivity contribution in [1.82, 2.24) is 24.5 Å². The molecule has 1 saturated heterocycles. The van der Waals surface area contributed by atoms with Gasteiger partial charge >= 0.3 is 6.18 Å². The molecule has 7 nitrogen and oxygen atoms in total. The molecule has 0 radical (unpaired) electrons. The van der Waals surface area contributed by atoms with E-state index in [4.69, 9.17) is 16.3 Å². The molecule has 0 aliphatic carbocycles. The zero-order chi connectivity index (χ0) is 25.3. The van der Waals surface area contributed by atoms with Crippen molar-refractivity contribution in [3.05, 3.63) is 35.0 Å². The van der Waals surface area contributed by atoms with Crippen molar-refractivity contribution in [3.8, 4) is 16.9 Å². The molecule has 12 heteroatoms. The predicted molar refractivity (Wildman–Crippen MR) is 126 cm³/mol. The SMILES string of the molecule is Cc1cc(OCCCN2CCCC2)cc(F)c1-c1c(Cl)nc2ncnn2c1N(C)[C@@H](C)C(F)(F)F. The molecular weight excluding hydrogens is 488 g/mol. The van der Waals surface area contributed by atoms with Crippen LogP contribution in [0.2, 0.25) is 5.15 Å². The highest BCUT2D eigenvalue weighted by molar-refractivity contribution is 6.33. The number of hydrogen-bond acceptors (Lipinski definition) is 6. The monoisotopic (exact) mass is 514 g/mol. The molecule has 0 unspecified atom stereocenters. The lowest BCUT2D eigenvalue weighted by Crippen LogP contribution is -2.42. The fourth-order valence-electron chi connectivity index (χ4n) is 4.34. The summed E-state index contributed by atoms with van der Waals surface area (Å²) < 4.78 is 63.1. The minimum atomic E-state index is -4.55. The van der Waals surface area contributed by atoms with Crippen LogP contribution >= 0.6 is 11.6 Å². The van der Waals surface area contributed by atoms with E-state index in [9.17, 15) is 13.2 Å². The topological polar surface area (TPSA) is 58.8 Å². The third-order valence-electron chi connectivity index (χ3n) is 6.34. The van der Waals surface area contributed by atoms with Gasteiger partial charge in [-0.25, -0.2) is 4.39 Å². The van der Waals surface area contributed by atoms with E-state index in [0.29, 0.717) is 17.9 Å². The number of halogens is 5. The summed E-state index contributed by atoms with van der Waals surface area (Å²) >= 11 is 6.41. The van der Waals surface area contributed by atoms with Crippen LogP contribution in [0.3, 0.4) is 0 Å². The second kappa shape index (κ2) is 10.1. The van der Waals surface area contributed by atoms with Crippen molar-refractivity contribution in [2.75, 3.05) is 38.2 Å². The maximum absolute atomic E-state index is 15.5. The van der Waals surface area contributed by atoms with E-state index in [0.717, 1.165) is 48.7 Å². The molecule has 1 aliphatic rings. The van der Waals surface area contributed by atoms with E-state index in [1.807, 2.05) is 0 Å². The first-order chi connectivity index (χ1) is 16.6. The molecule has 0 saturated carbocycles. The molecule has 3 heterocycles. The molecular formula is C23H27ClF4N6O. The van der Waals surface area contributed by atoms with Gasteiger partial charge in [-0.15, -0.1) is 0 Å². The molecule has 0 amide bonds. The lowest BCUT2D eigenvalue weighted by Gasteiger charge is -2.30. The molecule has 2 aromatic heterocycles. The molecule has 0 N–H and O–H groups in total. The van der Waals surface area contributed by atoms with E-state index in [1.165, 1.54) is 26.0 Å². The summed E-state index contributed by atoms with van der Waals surface area (Å²) in [6.07, 6.45) is -0.159. The van der Waals surface area contributed by atoms with Crippen LogP contribution in [-0.4, -0.2) is 70.0 Å². The molecule has 4 rings (SSSR count). The van der Waals surface area contributed by atoms with Gasteiger partial charge in [-0.2, -0.15) is 32.8 Å². The Hall–Kier alpha value is -2.66.